The number of halogens is 3. The van der Waals surface area contributed by atoms with Gasteiger partial charge in [-0.15, -0.1) is 0 Å². The van der Waals surface area contributed by atoms with Gasteiger partial charge in [0.1, 0.15) is 18.1 Å². The fourth-order valence-electron chi connectivity index (χ4n) is 7.70. The first-order valence-electron chi connectivity index (χ1n) is 18.9. The molecule has 2 saturated heterocycles. The molecule has 14 nitrogen and oxygen atoms in total. The first-order chi connectivity index (χ1) is 25.8. The van der Waals surface area contributed by atoms with Gasteiger partial charge in [-0.1, -0.05) is 73.1 Å². The van der Waals surface area contributed by atoms with Crippen molar-refractivity contribution in [2.24, 2.45) is 28.1 Å². The summed E-state index contributed by atoms with van der Waals surface area (Å²) in [5, 5.41) is 11.0. The molecule has 1 saturated carbocycles. The van der Waals surface area contributed by atoms with Crippen LogP contribution in [0.15, 0.2) is 18.2 Å². The van der Waals surface area contributed by atoms with Gasteiger partial charge in [0.25, 0.3) is 0 Å². The van der Waals surface area contributed by atoms with E-state index in [0.717, 1.165) is 0 Å². The van der Waals surface area contributed by atoms with Crippen LogP contribution in [-0.2, 0) is 35.6 Å². The number of nitrogens with one attached hydrogen (secondary N) is 4. The Labute approximate surface area is 333 Å². The van der Waals surface area contributed by atoms with Crippen LogP contribution in [0.2, 0.25) is 5.02 Å². The van der Waals surface area contributed by atoms with Crippen LogP contribution < -0.4 is 21.3 Å². The number of rotatable bonds is 14. The lowest BCUT2D eigenvalue weighted by atomic mass is 9.85. The number of hydrogen-bond donors (Lipinski definition) is 4. The van der Waals surface area contributed by atoms with Gasteiger partial charge in [-0.05, 0) is 58.6 Å². The zero-order valence-corrected chi connectivity index (χ0v) is 35.2. The number of sulfonamides is 1. The van der Waals surface area contributed by atoms with E-state index in [1.807, 2.05) is 34.6 Å². The number of methoxy groups -OCH3 is 1. The highest BCUT2D eigenvalue weighted by atomic mass is 35.5. The quantitative estimate of drug-likeness (QED) is 0.205. The van der Waals surface area contributed by atoms with Crippen LogP contribution in [0.5, 0.6) is 0 Å². The van der Waals surface area contributed by atoms with Crippen LogP contribution in [0.4, 0.5) is 13.6 Å². The van der Waals surface area contributed by atoms with Gasteiger partial charge in [-0.2, -0.15) is 4.31 Å². The second kappa shape index (κ2) is 17.1. The Balaban J connectivity index is 1.48. The summed E-state index contributed by atoms with van der Waals surface area (Å²) < 4.78 is 58.8. The molecule has 6 atom stereocenters. The summed E-state index contributed by atoms with van der Waals surface area (Å²) in [5.74, 6) is -3.08. The monoisotopic (exact) mass is 830 g/mol. The Kier molecular flexibility index (Phi) is 13.8. The third-order valence-corrected chi connectivity index (χ3v) is 13.6. The number of alkyl halides is 2. The maximum Gasteiger partial charge on any atom is 0.337 e. The van der Waals surface area contributed by atoms with E-state index >= 15 is 0 Å². The summed E-state index contributed by atoms with van der Waals surface area (Å²) >= 11 is 6.30. The van der Waals surface area contributed by atoms with Crippen LogP contribution in [0, 0.1) is 28.1 Å². The molecule has 314 valence electrons. The van der Waals surface area contributed by atoms with E-state index in [1.165, 1.54) is 28.4 Å². The van der Waals surface area contributed by atoms with Gasteiger partial charge in [0, 0.05) is 43.7 Å². The summed E-state index contributed by atoms with van der Waals surface area (Å²) in [7, 11) is -2.20. The van der Waals surface area contributed by atoms with Crippen molar-refractivity contribution in [3.8, 4) is 0 Å². The molecule has 3 aliphatic rings. The van der Waals surface area contributed by atoms with Gasteiger partial charge in [-0.25, -0.2) is 26.8 Å². The average Bonchev–Trinajstić information content (AvgIpc) is 3.36. The minimum Gasteiger partial charge on any atom is -0.465 e. The number of amides is 5. The lowest BCUT2D eigenvalue weighted by Gasteiger charge is -2.39. The summed E-state index contributed by atoms with van der Waals surface area (Å²) in [4.78, 5) is 68.5. The number of piperidine rings is 1. The minimum atomic E-state index is -3.44. The highest BCUT2D eigenvalue weighted by Crippen LogP contribution is 2.65. The van der Waals surface area contributed by atoms with Crippen molar-refractivity contribution < 1.29 is 45.9 Å². The summed E-state index contributed by atoms with van der Waals surface area (Å²) in [6, 6.07) is -0.621. The Hall–Kier alpha value is -3.57. The largest absolute Gasteiger partial charge is 0.465 e. The average molecular weight is 831 g/mol. The van der Waals surface area contributed by atoms with Crippen LogP contribution in [0.25, 0.3) is 0 Å². The van der Waals surface area contributed by atoms with Crippen molar-refractivity contribution in [2.45, 2.75) is 105 Å². The number of hydrogen-bond acceptors (Lipinski definition) is 8. The van der Waals surface area contributed by atoms with Crippen molar-refractivity contribution in [1.82, 2.24) is 30.5 Å². The first-order valence-corrected chi connectivity index (χ1v) is 20.9. The van der Waals surface area contributed by atoms with Crippen molar-refractivity contribution in [2.75, 3.05) is 39.0 Å². The van der Waals surface area contributed by atoms with E-state index < -0.39 is 87.6 Å². The summed E-state index contributed by atoms with van der Waals surface area (Å²) in [6.07, 6.45) is -3.21. The molecule has 4 rings (SSSR count). The molecule has 0 bridgehead atoms. The fraction of sp³-hybridized carbons (Fsp3) is 0.711. The Morgan fingerprint density at radius 3 is 2.21 bits per heavy atom. The number of esters is 1. The fourth-order valence-corrected chi connectivity index (χ4v) is 9.51. The molecule has 2 aliphatic heterocycles. The first kappa shape index (κ1) is 45.1. The highest BCUT2D eigenvalue weighted by Gasteiger charge is 2.70. The molecule has 0 aromatic heterocycles. The molecule has 1 aromatic carbocycles. The maximum atomic E-state index is 14.4. The summed E-state index contributed by atoms with van der Waals surface area (Å²) in [6.45, 7) is 15.4. The second-order valence-corrected chi connectivity index (χ2v) is 20.3. The van der Waals surface area contributed by atoms with Crippen molar-refractivity contribution in [3.05, 3.63) is 34.3 Å². The topological polar surface area (TPSA) is 183 Å². The number of fused-ring (bicyclic) bond motifs is 1. The maximum absolute atomic E-state index is 14.4. The van der Waals surface area contributed by atoms with E-state index in [9.17, 15) is 41.2 Å². The van der Waals surface area contributed by atoms with E-state index in [1.54, 1.807) is 26.8 Å². The molecular formula is C38H57ClF2N6O8S. The normalized spacial score (nSPS) is 23.1. The van der Waals surface area contributed by atoms with E-state index in [0.29, 0.717) is 18.5 Å². The van der Waals surface area contributed by atoms with Crippen LogP contribution in [-0.4, -0.2) is 117 Å². The Morgan fingerprint density at radius 2 is 1.68 bits per heavy atom. The molecule has 1 aliphatic carbocycles. The molecule has 18 heteroatoms. The number of likely N-dealkylation sites (tertiary alicyclic amines) is 1. The lowest BCUT2D eigenvalue weighted by Crippen LogP contribution is -2.62. The molecule has 5 amide bonds. The van der Waals surface area contributed by atoms with Crippen LogP contribution >= 0.6 is 11.6 Å². The molecule has 56 heavy (non-hydrogen) atoms. The second-order valence-electron chi connectivity index (χ2n) is 17.8. The molecule has 0 spiro atoms. The van der Waals surface area contributed by atoms with Gasteiger partial charge in [-0.3, -0.25) is 14.4 Å². The Bertz CT molecular complexity index is 1780. The molecule has 2 heterocycles. The van der Waals surface area contributed by atoms with Crippen molar-refractivity contribution in [1.29, 1.82) is 0 Å². The van der Waals surface area contributed by atoms with E-state index in [2.05, 4.69) is 21.3 Å². The van der Waals surface area contributed by atoms with E-state index in [4.69, 9.17) is 16.3 Å². The number of carbonyl (C=O) groups is 5. The van der Waals surface area contributed by atoms with Crippen molar-refractivity contribution >= 4 is 51.3 Å². The minimum absolute atomic E-state index is 0.0115. The molecule has 0 unspecified atom stereocenters. The molecule has 3 fully saturated rings. The number of carbonyl (C=O) groups excluding carboxylic acids is 5. The molecule has 4 N–H and O–H groups in total. The van der Waals surface area contributed by atoms with Crippen LogP contribution in [0.3, 0.4) is 0 Å². The number of urea groups is 1. The molecular weight excluding hydrogens is 774 g/mol. The Morgan fingerprint density at radius 1 is 1.02 bits per heavy atom. The van der Waals surface area contributed by atoms with E-state index in [-0.39, 0.29) is 59.6 Å². The molecule has 1 aromatic rings. The number of benzene rings is 1. The number of nitrogens with zero attached hydrogens (tertiary/aromatic N) is 2. The van der Waals surface area contributed by atoms with Gasteiger partial charge in [0.15, 0.2) is 0 Å². The predicted molar refractivity (Wildman–Crippen MR) is 206 cm³/mol. The zero-order valence-electron chi connectivity index (χ0n) is 33.6. The third kappa shape index (κ3) is 10.5. The van der Waals surface area contributed by atoms with Crippen LogP contribution in [0.1, 0.15) is 84.2 Å². The van der Waals surface area contributed by atoms with Gasteiger partial charge in [0.05, 0.1) is 18.4 Å². The predicted octanol–water partition coefficient (Wildman–Crippen LogP) is 3.57. The smallest absolute Gasteiger partial charge is 0.337 e. The standard InChI is InChI=1S/C38H57ClF2N6O8S/c1-36(2,3)26(20-46-15-10-16-56(46,53)54)44-35(52)45-30(37(4,5)6)33(50)47-19-23-28(38(23,7)8)29(47)32(49)43-25(18-27(40)41)31(48)42-14-13-21-11-12-22(17-24(21)39)34(51)55-9/h11-12,17,23,25-30H,10,13-16,18-20H2,1-9H3,(H,42,48)(H,43,49)(H2,44,45,52)/t23-,25-,26+,28-,29-,30+/m0/s1. The zero-order chi connectivity index (χ0) is 42.1. The highest BCUT2D eigenvalue weighted by molar-refractivity contribution is 7.89. The SMILES string of the molecule is COC(=O)c1ccc(CCNC(=O)[C@H](CC(F)F)NC(=O)[C@@H]2[C@@H]3[C@H](CN2C(=O)[C@@H](NC(=O)N[C@H](CN2CCCS2(=O)=O)C(C)(C)C)C(C)(C)C)C3(C)C)c(Cl)c1. The van der Waals surface area contributed by atoms with Crippen molar-refractivity contribution in [3.63, 3.8) is 0 Å². The van der Waals surface area contributed by atoms with Gasteiger partial charge in [0.2, 0.25) is 34.2 Å². The molecule has 0 radical (unpaired) electrons. The summed E-state index contributed by atoms with van der Waals surface area (Å²) in [5.41, 5.74) is -0.929. The van der Waals surface area contributed by atoms with Gasteiger partial charge < -0.3 is 30.9 Å². The number of ether oxygens (including phenoxy) is 1. The lowest BCUT2D eigenvalue weighted by molar-refractivity contribution is -0.144. The third-order valence-electron chi connectivity index (χ3n) is 11.3. The van der Waals surface area contributed by atoms with Gasteiger partial charge >= 0.3 is 12.0 Å².